The Morgan fingerprint density at radius 2 is 2.16 bits per heavy atom. The third-order valence-corrected chi connectivity index (χ3v) is 2.48. The standard InChI is InChI=1S/C13H12N2O4/c1-8-5-11(19-15-8)12(16)14-7-9-3-2-4-10(6-9)13(17)18/h2-6H,7H2,1H3,(H,14,16)(H,17,18). The molecule has 1 aromatic carbocycles. The molecule has 0 bridgehead atoms. The lowest BCUT2D eigenvalue weighted by molar-refractivity contribution is 0.0696. The second-order valence-corrected chi connectivity index (χ2v) is 4.02. The van der Waals surface area contributed by atoms with E-state index in [0.717, 1.165) is 0 Å². The normalized spacial score (nSPS) is 10.2. The molecule has 0 fully saturated rings. The SMILES string of the molecule is Cc1cc(C(=O)NCc2cccc(C(=O)O)c2)on1. The van der Waals surface area contributed by atoms with Crippen LogP contribution in [0.5, 0.6) is 0 Å². The fraction of sp³-hybridized carbons (Fsp3) is 0.154. The fourth-order valence-corrected chi connectivity index (χ4v) is 1.55. The van der Waals surface area contributed by atoms with E-state index in [-0.39, 0.29) is 23.8 Å². The van der Waals surface area contributed by atoms with E-state index in [1.165, 1.54) is 18.2 Å². The maximum absolute atomic E-state index is 11.7. The zero-order valence-electron chi connectivity index (χ0n) is 10.2. The van der Waals surface area contributed by atoms with Gasteiger partial charge in [0.1, 0.15) is 0 Å². The molecule has 1 aromatic heterocycles. The monoisotopic (exact) mass is 260 g/mol. The quantitative estimate of drug-likeness (QED) is 0.871. The number of carboxylic acid groups (broad SMARTS) is 1. The zero-order valence-corrected chi connectivity index (χ0v) is 10.2. The molecule has 0 saturated heterocycles. The van der Waals surface area contributed by atoms with E-state index in [1.54, 1.807) is 19.1 Å². The van der Waals surface area contributed by atoms with Crippen molar-refractivity contribution in [3.05, 3.63) is 52.9 Å². The highest BCUT2D eigenvalue weighted by atomic mass is 16.5. The van der Waals surface area contributed by atoms with Gasteiger partial charge < -0.3 is 14.9 Å². The van der Waals surface area contributed by atoms with Crippen molar-refractivity contribution in [3.8, 4) is 0 Å². The van der Waals surface area contributed by atoms with Gasteiger partial charge in [-0.05, 0) is 24.6 Å². The molecule has 0 aliphatic carbocycles. The molecule has 2 aromatic rings. The van der Waals surface area contributed by atoms with Gasteiger partial charge in [-0.1, -0.05) is 17.3 Å². The molecule has 1 heterocycles. The van der Waals surface area contributed by atoms with Crippen LogP contribution in [0.25, 0.3) is 0 Å². The van der Waals surface area contributed by atoms with E-state index >= 15 is 0 Å². The molecule has 0 aliphatic heterocycles. The van der Waals surface area contributed by atoms with E-state index in [2.05, 4.69) is 10.5 Å². The van der Waals surface area contributed by atoms with Crippen LogP contribution < -0.4 is 5.32 Å². The minimum Gasteiger partial charge on any atom is -0.478 e. The number of aromatic carboxylic acids is 1. The largest absolute Gasteiger partial charge is 0.478 e. The highest BCUT2D eigenvalue weighted by molar-refractivity contribution is 5.91. The van der Waals surface area contributed by atoms with Crippen LogP contribution in [0.1, 0.15) is 32.2 Å². The molecule has 2 N–H and O–H groups in total. The fourth-order valence-electron chi connectivity index (χ4n) is 1.55. The number of nitrogens with one attached hydrogen (secondary N) is 1. The second-order valence-electron chi connectivity index (χ2n) is 4.02. The molecular weight excluding hydrogens is 248 g/mol. The molecule has 6 nitrogen and oxygen atoms in total. The van der Waals surface area contributed by atoms with Crippen LogP contribution in [-0.4, -0.2) is 22.1 Å². The summed E-state index contributed by atoms with van der Waals surface area (Å²) >= 11 is 0. The minimum atomic E-state index is -1.00. The van der Waals surface area contributed by atoms with Crippen LogP contribution in [0, 0.1) is 6.92 Å². The molecule has 0 atom stereocenters. The van der Waals surface area contributed by atoms with Crippen molar-refractivity contribution < 1.29 is 19.2 Å². The number of carbonyl (C=O) groups is 2. The Morgan fingerprint density at radius 3 is 2.79 bits per heavy atom. The third-order valence-electron chi connectivity index (χ3n) is 2.48. The van der Waals surface area contributed by atoms with Gasteiger partial charge in [-0.3, -0.25) is 4.79 Å². The Hall–Kier alpha value is -2.63. The van der Waals surface area contributed by atoms with Crippen LogP contribution in [0.3, 0.4) is 0 Å². The lowest BCUT2D eigenvalue weighted by Crippen LogP contribution is -2.22. The van der Waals surface area contributed by atoms with Crippen LogP contribution in [0.2, 0.25) is 0 Å². The summed E-state index contributed by atoms with van der Waals surface area (Å²) in [5.74, 6) is -1.26. The molecule has 0 saturated carbocycles. The number of amides is 1. The summed E-state index contributed by atoms with van der Waals surface area (Å²) in [6, 6.07) is 7.90. The first-order valence-electron chi connectivity index (χ1n) is 5.60. The summed E-state index contributed by atoms with van der Waals surface area (Å²) in [4.78, 5) is 22.5. The van der Waals surface area contributed by atoms with Crippen molar-refractivity contribution in [2.75, 3.05) is 0 Å². The van der Waals surface area contributed by atoms with E-state index in [4.69, 9.17) is 9.63 Å². The van der Waals surface area contributed by atoms with Gasteiger partial charge in [-0.2, -0.15) is 0 Å². The molecule has 19 heavy (non-hydrogen) atoms. The predicted molar refractivity (Wildman–Crippen MR) is 65.8 cm³/mol. The molecule has 98 valence electrons. The minimum absolute atomic E-state index is 0.131. The van der Waals surface area contributed by atoms with Gasteiger partial charge in [0.25, 0.3) is 5.91 Å². The maximum atomic E-state index is 11.7. The Labute approximate surface area is 109 Å². The molecular formula is C13H12N2O4. The van der Waals surface area contributed by atoms with Crippen LogP contribution in [-0.2, 0) is 6.54 Å². The van der Waals surface area contributed by atoms with Crippen molar-refractivity contribution in [3.63, 3.8) is 0 Å². The number of carbonyl (C=O) groups excluding carboxylic acids is 1. The van der Waals surface area contributed by atoms with Crippen LogP contribution in [0.15, 0.2) is 34.9 Å². The summed E-state index contributed by atoms with van der Waals surface area (Å²) in [6.45, 7) is 1.94. The lowest BCUT2D eigenvalue weighted by atomic mass is 10.1. The molecule has 0 radical (unpaired) electrons. The topological polar surface area (TPSA) is 92.4 Å². The molecule has 2 rings (SSSR count). The van der Waals surface area contributed by atoms with Gasteiger partial charge in [0.15, 0.2) is 0 Å². The Balaban J connectivity index is 2.01. The van der Waals surface area contributed by atoms with E-state index < -0.39 is 5.97 Å². The summed E-state index contributed by atoms with van der Waals surface area (Å²) in [6.07, 6.45) is 0. The van der Waals surface area contributed by atoms with Crippen molar-refractivity contribution in [1.82, 2.24) is 10.5 Å². The summed E-state index contributed by atoms with van der Waals surface area (Å²) in [5, 5.41) is 15.1. The van der Waals surface area contributed by atoms with Gasteiger partial charge in [-0.15, -0.1) is 0 Å². The Kier molecular flexibility index (Phi) is 3.61. The number of hydrogen-bond acceptors (Lipinski definition) is 4. The van der Waals surface area contributed by atoms with Gasteiger partial charge in [0.05, 0.1) is 11.3 Å². The highest BCUT2D eigenvalue weighted by Crippen LogP contribution is 2.06. The van der Waals surface area contributed by atoms with Gasteiger partial charge in [-0.25, -0.2) is 4.79 Å². The first-order chi connectivity index (χ1) is 9.06. The molecule has 1 amide bonds. The Bertz CT molecular complexity index is 619. The van der Waals surface area contributed by atoms with Crippen molar-refractivity contribution in [2.24, 2.45) is 0 Å². The molecule has 6 heteroatoms. The first-order valence-corrected chi connectivity index (χ1v) is 5.60. The van der Waals surface area contributed by atoms with Crippen LogP contribution in [0.4, 0.5) is 0 Å². The Morgan fingerprint density at radius 1 is 1.37 bits per heavy atom. The van der Waals surface area contributed by atoms with E-state index in [0.29, 0.717) is 11.3 Å². The zero-order chi connectivity index (χ0) is 13.8. The predicted octanol–water partition coefficient (Wildman–Crippen LogP) is 1.61. The van der Waals surface area contributed by atoms with Crippen molar-refractivity contribution in [2.45, 2.75) is 13.5 Å². The number of carboxylic acids is 1. The average molecular weight is 260 g/mol. The van der Waals surface area contributed by atoms with Gasteiger partial charge in [0.2, 0.25) is 5.76 Å². The number of benzene rings is 1. The summed E-state index contributed by atoms with van der Waals surface area (Å²) in [5.41, 5.74) is 1.50. The molecule has 0 spiro atoms. The lowest BCUT2D eigenvalue weighted by Gasteiger charge is -2.04. The summed E-state index contributed by atoms with van der Waals surface area (Å²) < 4.78 is 4.82. The maximum Gasteiger partial charge on any atom is 0.335 e. The number of hydrogen-bond donors (Lipinski definition) is 2. The number of nitrogens with zero attached hydrogens (tertiary/aromatic N) is 1. The second kappa shape index (κ2) is 5.34. The number of rotatable bonds is 4. The van der Waals surface area contributed by atoms with Gasteiger partial charge in [0, 0.05) is 12.6 Å². The van der Waals surface area contributed by atoms with E-state index in [1.807, 2.05) is 0 Å². The third kappa shape index (κ3) is 3.19. The van der Waals surface area contributed by atoms with Crippen LogP contribution >= 0.6 is 0 Å². The first kappa shape index (κ1) is 12.8. The molecule has 0 aliphatic rings. The number of aromatic nitrogens is 1. The van der Waals surface area contributed by atoms with E-state index in [9.17, 15) is 9.59 Å². The number of aryl methyl sites for hydroxylation is 1. The highest BCUT2D eigenvalue weighted by Gasteiger charge is 2.11. The smallest absolute Gasteiger partial charge is 0.335 e. The van der Waals surface area contributed by atoms with Crippen molar-refractivity contribution >= 4 is 11.9 Å². The summed E-state index contributed by atoms with van der Waals surface area (Å²) in [7, 11) is 0. The molecule has 0 unspecified atom stereocenters. The van der Waals surface area contributed by atoms with Crippen molar-refractivity contribution in [1.29, 1.82) is 0 Å². The average Bonchev–Trinajstić information content (AvgIpc) is 2.83. The van der Waals surface area contributed by atoms with Gasteiger partial charge >= 0.3 is 5.97 Å².